The van der Waals surface area contributed by atoms with Gasteiger partial charge in [-0.25, -0.2) is 0 Å². The highest BCUT2D eigenvalue weighted by Crippen LogP contribution is 2.24. The molecule has 1 aliphatic rings. The summed E-state index contributed by atoms with van der Waals surface area (Å²) < 4.78 is 5.28. The van der Waals surface area contributed by atoms with E-state index < -0.39 is 0 Å². The fourth-order valence-corrected chi connectivity index (χ4v) is 2.44. The van der Waals surface area contributed by atoms with Crippen LogP contribution >= 0.6 is 0 Å². The molecule has 16 heavy (non-hydrogen) atoms. The molecule has 3 heteroatoms. The van der Waals surface area contributed by atoms with Crippen LogP contribution in [0.1, 0.15) is 37.9 Å². The molecule has 1 saturated carbocycles. The van der Waals surface area contributed by atoms with E-state index in [1.54, 1.807) is 6.26 Å². The molecule has 1 fully saturated rings. The lowest BCUT2D eigenvalue weighted by Crippen LogP contribution is -2.50. The fraction of sp³-hybridized carbons (Fsp3) is 0.692. The van der Waals surface area contributed by atoms with Gasteiger partial charge in [0.15, 0.2) is 0 Å². The molecule has 0 aliphatic heterocycles. The van der Waals surface area contributed by atoms with Crippen LogP contribution in [0.25, 0.3) is 0 Å². The number of furan rings is 1. The van der Waals surface area contributed by atoms with Crippen LogP contribution < -0.4 is 11.1 Å². The Balaban J connectivity index is 1.63. The summed E-state index contributed by atoms with van der Waals surface area (Å²) in [7, 11) is 0. The minimum absolute atomic E-state index is 0.0431. The lowest BCUT2D eigenvalue weighted by molar-refractivity contribution is 0.284. The van der Waals surface area contributed by atoms with Crippen LogP contribution in [-0.4, -0.2) is 18.6 Å². The Bertz CT molecular complexity index is 289. The van der Waals surface area contributed by atoms with Crippen LogP contribution in [0.3, 0.4) is 0 Å². The first-order valence-electron chi connectivity index (χ1n) is 6.31. The molecule has 1 aromatic heterocycles. The Morgan fingerprint density at radius 2 is 2.12 bits per heavy atom. The highest BCUT2D eigenvalue weighted by molar-refractivity contribution is 4.98. The van der Waals surface area contributed by atoms with E-state index in [9.17, 15) is 0 Å². The van der Waals surface area contributed by atoms with Gasteiger partial charge in [-0.2, -0.15) is 0 Å². The van der Waals surface area contributed by atoms with Gasteiger partial charge in [-0.05, 0) is 25.0 Å². The van der Waals surface area contributed by atoms with Crippen LogP contribution in [0.2, 0.25) is 0 Å². The van der Waals surface area contributed by atoms with Crippen LogP contribution in [0.5, 0.6) is 0 Å². The van der Waals surface area contributed by atoms with E-state index in [1.165, 1.54) is 32.1 Å². The van der Waals surface area contributed by atoms with Gasteiger partial charge >= 0.3 is 0 Å². The average Bonchev–Trinajstić information content (AvgIpc) is 2.78. The Kier molecular flexibility index (Phi) is 4.02. The summed E-state index contributed by atoms with van der Waals surface area (Å²) in [6.07, 6.45) is 8.93. The molecule has 90 valence electrons. The summed E-state index contributed by atoms with van der Waals surface area (Å²) in [6, 6.07) is 3.95. The molecular weight excluding hydrogens is 200 g/mol. The molecule has 3 N–H and O–H groups in total. The van der Waals surface area contributed by atoms with Crippen molar-refractivity contribution in [2.75, 3.05) is 13.1 Å². The lowest BCUT2D eigenvalue weighted by atomic mass is 9.82. The van der Waals surface area contributed by atoms with E-state index >= 15 is 0 Å². The van der Waals surface area contributed by atoms with Gasteiger partial charge < -0.3 is 15.5 Å². The van der Waals surface area contributed by atoms with Gasteiger partial charge in [-0.3, -0.25) is 0 Å². The van der Waals surface area contributed by atoms with E-state index in [0.717, 1.165) is 25.3 Å². The molecule has 1 aliphatic carbocycles. The number of hydrogen-bond acceptors (Lipinski definition) is 3. The van der Waals surface area contributed by atoms with Crippen molar-refractivity contribution in [2.45, 2.75) is 44.1 Å². The number of nitrogens with two attached hydrogens (primary N) is 1. The number of hydrogen-bond donors (Lipinski definition) is 2. The molecule has 0 spiro atoms. The lowest BCUT2D eigenvalue weighted by Gasteiger charge is -2.33. The fourth-order valence-electron chi connectivity index (χ4n) is 2.44. The summed E-state index contributed by atoms with van der Waals surface area (Å²) in [5.41, 5.74) is 6.38. The molecule has 1 heterocycles. The van der Waals surface area contributed by atoms with Gasteiger partial charge in [0.1, 0.15) is 5.76 Å². The zero-order chi connectivity index (χ0) is 11.3. The van der Waals surface area contributed by atoms with Crippen molar-refractivity contribution in [2.24, 2.45) is 5.73 Å². The summed E-state index contributed by atoms with van der Waals surface area (Å²) in [5, 5.41) is 3.45. The second kappa shape index (κ2) is 5.51. The van der Waals surface area contributed by atoms with E-state index in [2.05, 4.69) is 5.32 Å². The summed E-state index contributed by atoms with van der Waals surface area (Å²) >= 11 is 0. The maximum absolute atomic E-state index is 6.33. The quantitative estimate of drug-likeness (QED) is 0.750. The third-order valence-electron chi connectivity index (χ3n) is 3.45. The summed E-state index contributed by atoms with van der Waals surface area (Å²) in [6.45, 7) is 1.89. The van der Waals surface area contributed by atoms with Gasteiger partial charge in [0.25, 0.3) is 0 Å². The molecule has 0 amide bonds. The second-order valence-corrected chi connectivity index (χ2v) is 4.93. The van der Waals surface area contributed by atoms with E-state index in [-0.39, 0.29) is 5.54 Å². The summed E-state index contributed by atoms with van der Waals surface area (Å²) in [4.78, 5) is 0. The van der Waals surface area contributed by atoms with Gasteiger partial charge in [-0.15, -0.1) is 0 Å². The van der Waals surface area contributed by atoms with Crippen molar-refractivity contribution in [3.8, 4) is 0 Å². The van der Waals surface area contributed by atoms with E-state index in [4.69, 9.17) is 10.2 Å². The standard InChI is InChI=1S/C13H22N2O/c14-13(7-2-1-3-8-13)11-15-9-6-12-5-4-10-16-12/h4-5,10,15H,1-3,6-9,11,14H2. The predicted octanol–water partition coefficient (Wildman–Crippen LogP) is 2.07. The first-order valence-corrected chi connectivity index (χ1v) is 6.31. The van der Waals surface area contributed by atoms with Gasteiger partial charge in [-0.1, -0.05) is 19.3 Å². The van der Waals surface area contributed by atoms with E-state index in [1.807, 2.05) is 12.1 Å². The van der Waals surface area contributed by atoms with Crippen molar-refractivity contribution in [3.63, 3.8) is 0 Å². The molecule has 0 atom stereocenters. The zero-order valence-electron chi connectivity index (χ0n) is 9.87. The van der Waals surface area contributed by atoms with Crippen LogP contribution in [0, 0.1) is 0 Å². The van der Waals surface area contributed by atoms with Crippen molar-refractivity contribution in [1.29, 1.82) is 0 Å². The Labute approximate surface area is 97.4 Å². The molecular formula is C13H22N2O. The van der Waals surface area contributed by atoms with Crippen molar-refractivity contribution in [1.82, 2.24) is 5.32 Å². The highest BCUT2D eigenvalue weighted by Gasteiger charge is 2.26. The van der Waals surface area contributed by atoms with Gasteiger partial charge in [0, 0.05) is 25.0 Å². The minimum Gasteiger partial charge on any atom is -0.469 e. The van der Waals surface area contributed by atoms with Gasteiger partial charge in [0.2, 0.25) is 0 Å². The predicted molar refractivity (Wildman–Crippen MR) is 65.3 cm³/mol. The molecule has 3 nitrogen and oxygen atoms in total. The Morgan fingerprint density at radius 3 is 2.81 bits per heavy atom. The monoisotopic (exact) mass is 222 g/mol. The van der Waals surface area contributed by atoms with Crippen LogP contribution in [0.15, 0.2) is 22.8 Å². The molecule has 0 aromatic carbocycles. The first-order chi connectivity index (χ1) is 7.79. The van der Waals surface area contributed by atoms with Crippen LogP contribution in [-0.2, 0) is 6.42 Å². The second-order valence-electron chi connectivity index (χ2n) is 4.93. The highest BCUT2D eigenvalue weighted by atomic mass is 16.3. The Morgan fingerprint density at radius 1 is 1.31 bits per heavy atom. The van der Waals surface area contributed by atoms with Crippen molar-refractivity contribution >= 4 is 0 Å². The first kappa shape index (κ1) is 11.7. The third kappa shape index (κ3) is 3.35. The summed E-state index contributed by atoms with van der Waals surface area (Å²) in [5.74, 6) is 1.04. The van der Waals surface area contributed by atoms with Gasteiger partial charge in [0.05, 0.1) is 6.26 Å². The van der Waals surface area contributed by atoms with Crippen LogP contribution in [0.4, 0.5) is 0 Å². The van der Waals surface area contributed by atoms with Crippen molar-refractivity contribution in [3.05, 3.63) is 24.2 Å². The largest absolute Gasteiger partial charge is 0.469 e. The molecule has 0 unspecified atom stereocenters. The van der Waals surface area contributed by atoms with E-state index in [0.29, 0.717) is 0 Å². The minimum atomic E-state index is 0.0431. The number of nitrogens with one attached hydrogen (secondary N) is 1. The molecule has 1 aromatic rings. The SMILES string of the molecule is NC1(CNCCc2ccco2)CCCCC1. The topological polar surface area (TPSA) is 51.2 Å². The Hall–Kier alpha value is -0.800. The maximum Gasteiger partial charge on any atom is 0.105 e. The third-order valence-corrected chi connectivity index (χ3v) is 3.45. The molecule has 2 rings (SSSR count). The smallest absolute Gasteiger partial charge is 0.105 e. The zero-order valence-corrected chi connectivity index (χ0v) is 9.87. The molecule has 0 radical (unpaired) electrons. The molecule has 0 saturated heterocycles. The average molecular weight is 222 g/mol. The normalized spacial score (nSPS) is 19.8. The molecule has 0 bridgehead atoms. The number of rotatable bonds is 5. The van der Waals surface area contributed by atoms with Crippen molar-refractivity contribution < 1.29 is 4.42 Å². The maximum atomic E-state index is 6.33.